The largest absolute Gasteiger partial charge is 0.477 e. The van der Waals surface area contributed by atoms with Crippen LogP contribution in [0.15, 0.2) is 44.8 Å². The van der Waals surface area contributed by atoms with Gasteiger partial charge in [0, 0.05) is 39.1 Å². The van der Waals surface area contributed by atoms with Crippen LogP contribution in [0.25, 0.3) is 11.3 Å². The fourth-order valence-electron chi connectivity index (χ4n) is 3.64. The molecule has 2 aromatic heterocycles. The minimum absolute atomic E-state index is 0.0692. The van der Waals surface area contributed by atoms with E-state index in [-0.39, 0.29) is 16.5 Å². The zero-order valence-corrected chi connectivity index (χ0v) is 16.0. The Morgan fingerprint density at radius 2 is 2.15 bits per heavy atom. The number of aliphatic hydroxyl groups excluding tert-OH is 1. The van der Waals surface area contributed by atoms with Crippen LogP contribution in [0.2, 0.25) is 0 Å². The molecule has 0 aromatic carbocycles. The van der Waals surface area contributed by atoms with Crippen LogP contribution in [-0.2, 0) is 4.79 Å². The van der Waals surface area contributed by atoms with E-state index in [1.807, 2.05) is 29.9 Å². The minimum atomic E-state index is -0.970. The highest BCUT2D eigenvalue weighted by Gasteiger charge is 2.69. The van der Waals surface area contributed by atoms with E-state index in [0.717, 1.165) is 33.3 Å². The lowest BCUT2D eigenvalue weighted by atomic mass is 9.91. The third-order valence-electron chi connectivity index (χ3n) is 5.15. The van der Waals surface area contributed by atoms with Crippen molar-refractivity contribution in [3.63, 3.8) is 0 Å². The summed E-state index contributed by atoms with van der Waals surface area (Å²) in [6.45, 7) is 0. The highest BCUT2D eigenvalue weighted by Crippen LogP contribution is 2.67. The Labute approximate surface area is 162 Å². The zero-order valence-electron chi connectivity index (χ0n) is 13.6. The average Bonchev–Trinajstić information content (AvgIpc) is 3.37. The third-order valence-corrected chi connectivity index (χ3v) is 8.83. The number of carboxylic acid groups (broad SMARTS) is 1. The summed E-state index contributed by atoms with van der Waals surface area (Å²) in [5, 5.41) is 22.3. The Hall–Kier alpha value is -1.55. The molecule has 1 spiro atoms. The minimum Gasteiger partial charge on any atom is -0.477 e. The first kappa shape index (κ1) is 16.6. The molecule has 5 rings (SSSR count). The molecule has 2 atom stereocenters. The molecule has 9 heteroatoms. The van der Waals surface area contributed by atoms with Gasteiger partial charge in [-0.15, -0.1) is 23.1 Å². The van der Waals surface area contributed by atoms with E-state index < -0.39 is 12.2 Å². The molecule has 4 heterocycles. The molecule has 134 valence electrons. The van der Waals surface area contributed by atoms with Crippen LogP contribution in [0.1, 0.15) is 12.8 Å². The average molecular weight is 407 g/mol. The lowest BCUT2D eigenvalue weighted by molar-refractivity contribution is -0.377. The SMILES string of the molecule is O=C(O)C1=C(Sc2nc(-c3cc[nH+]cc3)cs2)CS[C@H]2N1C(O)C21CC1. The summed E-state index contributed by atoms with van der Waals surface area (Å²) in [6, 6.07) is 3.91. The standard InChI is InChI=1S/C17H15N3O3S3/c21-13(22)12-11(8-24-15-17(3-4-17)14(23)20(12)15)26-16-19-10(7-25-16)9-1-5-18-6-2-9/h1-2,5-7,14-15,23H,3-4,8H2,(H,21,22)/p+1/t14?,15-/m1/s1. The first-order valence-electron chi connectivity index (χ1n) is 8.24. The normalized spacial score (nSPS) is 25.8. The van der Waals surface area contributed by atoms with Gasteiger partial charge in [0.1, 0.15) is 11.9 Å². The quantitative estimate of drug-likeness (QED) is 0.806. The summed E-state index contributed by atoms with van der Waals surface area (Å²) in [7, 11) is 0. The second kappa shape index (κ2) is 5.98. The van der Waals surface area contributed by atoms with E-state index in [1.54, 1.807) is 16.7 Å². The number of thioether (sulfide) groups is 2. The molecular weight excluding hydrogens is 390 g/mol. The van der Waals surface area contributed by atoms with Gasteiger partial charge in [-0.05, 0) is 12.8 Å². The Morgan fingerprint density at radius 1 is 1.38 bits per heavy atom. The Balaban J connectivity index is 1.43. The van der Waals surface area contributed by atoms with Gasteiger partial charge in [0.2, 0.25) is 0 Å². The van der Waals surface area contributed by atoms with Crippen molar-refractivity contribution in [2.75, 3.05) is 5.75 Å². The van der Waals surface area contributed by atoms with Crippen LogP contribution in [0.5, 0.6) is 0 Å². The van der Waals surface area contributed by atoms with Crippen LogP contribution in [-0.4, -0.2) is 43.4 Å². The van der Waals surface area contributed by atoms with Crippen LogP contribution < -0.4 is 4.98 Å². The van der Waals surface area contributed by atoms with E-state index >= 15 is 0 Å². The molecule has 2 aliphatic heterocycles. The van der Waals surface area contributed by atoms with Gasteiger partial charge in [-0.3, -0.25) is 0 Å². The van der Waals surface area contributed by atoms with Gasteiger partial charge >= 0.3 is 5.97 Å². The smallest absolute Gasteiger partial charge is 0.353 e. The molecule has 3 aliphatic rings. The first-order chi connectivity index (χ1) is 12.6. The lowest BCUT2D eigenvalue weighted by Gasteiger charge is -2.56. The number of thiazole rings is 1. The molecule has 3 N–H and O–H groups in total. The molecular formula is C17H16N3O3S3+. The topological polar surface area (TPSA) is 87.8 Å². The van der Waals surface area contributed by atoms with Gasteiger partial charge in [0.25, 0.3) is 0 Å². The molecule has 0 amide bonds. The number of H-pyrrole nitrogens is 1. The molecule has 1 saturated carbocycles. The predicted octanol–water partition coefficient (Wildman–Crippen LogP) is 2.50. The van der Waals surface area contributed by atoms with Crippen molar-refractivity contribution in [2.24, 2.45) is 5.41 Å². The van der Waals surface area contributed by atoms with Crippen molar-refractivity contribution in [3.8, 4) is 11.3 Å². The molecule has 0 bridgehead atoms. The van der Waals surface area contributed by atoms with E-state index in [2.05, 4.69) is 9.97 Å². The fourth-order valence-corrected chi connectivity index (χ4v) is 7.43. The molecule has 2 aromatic rings. The molecule has 1 saturated heterocycles. The molecule has 2 fully saturated rings. The maximum Gasteiger partial charge on any atom is 0.353 e. The molecule has 6 nitrogen and oxygen atoms in total. The van der Waals surface area contributed by atoms with Gasteiger partial charge in [-0.1, -0.05) is 11.8 Å². The molecule has 1 unspecified atom stereocenters. The van der Waals surface area contributed by atoms with E-state index in [1.165, 1.54) is 23.1 Å². The van der Waals surface area contributed by atoms with Crippen molar-refractivity contribution < 1.29 is 20.0 Å². The van der Waals surface area contributed by atoms with Crippen molar-refractivity contribution >= 4 is 40.8 Å². The number of nitrogens with one attached hydrogen (secondary N) is 1. The summed E-state index contributed by atoms with van der Waals surface area (Å²) in [4.78, 5) is 22.0. The van der Waals surface area contributed by atoms with Crippen molar-refractivity contribution in [1.82, 2.24) is 9.88 Å². The number of aliphatic hydroxyl groups is 1. The second-order valence-corrected chi connectivity index (χ2v) is 9.91. The number of hydrogen-bond donors (Lipinski definition) is 2. The number of hydrogen-bond acceptors (Lipinski definition) is 7. The van der Waals surface area contributed by atoms with E-state index in [4.69, 9.17) is 0 Å². The summed E-state index contributed by atoms with van der Waals surface area (Å²) in [6.07, 6.45) is 5.01. The van der Waals surface area contributed by atoms with Gasteiger partial charge in [-0.2, -0.15) is 0 Å². The van der Waals surface area contributed by atoms with Crippen LogP contribution in [0.4, 0.5) is 0 Å². The number of nitrogens with zero attached hydrogens (tertiary/aromatic N) is 2. The fraction of sp³-hybridized carbons (Fsp3) is 0.353. The van der Waals surface area contributed by atoms with Gasteiger partial charge in [0.15, 0.2) is 16.7 Å². The van der Waals surface area contributed by atoms with Crippen LogP contribution >= 0.6 is 34.9 Å². The maximum atomic E-state index is 11.9. The molecule has 26 heavy (non-hydrogen) atoms. The van der Waals surface area contributed by atoms with Crippen molar-refractivity contribution in [2.45, 2.75) is 28.8 Å². The van der Waals surface area contributed by atoms with Crippen LogP contribution in [0, 0.1) is 5.41 Å². The Morgan fingerprint density at radius 3 is 2.85 bits per heavy atom. The molecule has 0 radical (unpaired) electrons. The van der Waals surface area contributed by atoms with E-state index in [9.17, 15) is 15.0 Å². The Kier molecular flexibility index (Phi) is 3.82. The number of carboxylic acids is 1. The number of pyridine rings is 1. The lowest BCUT2D eigenvalue weighted by Crippen LogP contribution is -2.65. The number of aromatic amines is 1. The monoisotopic (exact) mass is 406 g/mol. The summed E-state index contributed by atoms with van der Waals surface area (Å²) in [5.74, 6) is -0.320. The highest BCUT2D eigenvalue weighted by atomic mass is 32.2. The summed E-state index contributed by atoms with van der Waals surface area (Å²) in [5.41, 5.74) is 2.08. The highest BCUT2D eigenvalue weighted by molar-refractivity contribution is 8.07. The number of carbonyl (C=O) groups is 1. The second-order valence-electron chi connectivity index (χ2n) is 6.64. The number of rotatable bonds is 4. The number of fused-ring (bicyclic) bond motifs is 2. The van der Waals surface area contributed by atoms with Crippen LogP contribution in [0.3, 0.4) is 0 Å². The van der Waals surface area contributed by atoms with E-state index in [0.29, 0.717) is 5.75 Å². The molecule has 1 aliphatic carbocycles. The number of aliphatic carboxylic acids is 1. The van der Waals surface area contributed by atoms with Crippen molar-refractivity contribution in [3.05, 3.63) is 40.5 Å². The first-order valence-corrected chi connectivity index (χ1v) is 11.0. The predicted molar refractivity (Wildman–Crippen MR) is 100 cm³/mol. The maximum absolute atomic E-state index is 11.9. The Bertz CT molecular complexity index is 910. The number of aromatic nitrogens is 2. The third kappa shape index (κ3) is 2.41. The van der Waals surface area contributed by atoms with Crippen molar-refractivity contribution in [1.29, 1.82) is 0 Å². The summed E-state index contributed by atoms with van der Waals surface area (Å²) >= 11 is 4.65. The zero-order chi connectivity index (χ0) is 17.9. The van der Waals surface area contributed by atoms with Gasteiger partial charge < -0.3 is 15.1 Å². The summed E-state index contributed by atoms with van der Waals surface area (Å²) < 4.78 is 0.816. The van der Waals surface area contributed by atoms with Gasteiger partial charge in [0.05, 0.1) is 11.1 Å². The van der Waals surface area contributed by atoms with Gasteiger partial charge in [-0.25, -0.2) is 14.8 Å².